The SMILES string of the molecule is CC(NC(=O)CCCC=CC[C@@H]1[C@@H](CC[C@@H](O)CCc2ccccc2)[C@H](O)C[C@@H]1O)C(=O)OCc1cccc(CO[N+](=O)[O-])c1. The molecule has 45 heavy (non-hydrogen) atoms. The fourth-order valence-corrected chi connectivity index (χ4v) is 5.75. The van der Waals surface area contributed by atoms with Crippen LogP contribution >= 0.6 is 0 Å². The lowest BCUT2D eigenvalue weighted by atomic mass is 9.85. The Bertz CT molecular complexity index is 1240. The topological polar surface area (TPSA) is 168 Å². The largest absolute Gasteiger partial charge is 0.459 e. The summed E-state index contributed by atoms with van der Waals surface area (Å²) in [5.41, 5.74) is 2.39. The minimum Gasteiger partial charge on any atom is -0.459 e. The van der Waals surface area contributed by atoms with Crippen LogP contribution in [0, 0.1) is 22.0 Å². The van der Waals surface area contributed by atoms with Crippen molar-refractivity contribution >= 4 is 11.9 Å². The van der Waals surface area contributed by atoms with Crippen LogP contribution in [-0.2, 0) is 38.8 Å². The first-order valence-electron chi connectivity index (χ1n) is 15.7. The van der Waals surface area contributed by atoms with Crippen LogP contribution in [0.5, 0.6) is 0 Å². The summed E-state index contributed by atoms with van der Waals surface area (Å²) >= 11 is 0. The summed E-state index contributed by atoms with van der Waals surface area (Å²) in [7, 11) is 0. The number of rotatable bonds is 19. The van der Waals surface area contributed by atoms with Crippen LogP contribution in [0.25, 0.3) is 0 Å². The van der Waals surface area contributed by atoms with Gasteiger partial charge in [-0.3, -0.25) is 4.79 Å². The van der Waals surface area contributed by atoms with Gasteiger partial charge in [-0.1, -0.05) is 66.7 Å². The second-order valence-electron chi connectivity index (χ2n) is 11.8. The molecule has 2 aromatic carbocycles. The average molecular weight is 627 g/mol. The lowest BCUT2D eigenvalue weighted by Gasteiger charge is -2.23. The zero-order valence-corrected chi connectivity index (χ0v) is 25.8. The number of nitrogens with one attached hydrogen (secondary N) is 1. The van der Waals surface area contributed by atoms with E-state index in [0.29, 0.717) is 56.1 Å². The highest BCUT2D eigenvalue weighted by Gasteiger charge is 2.40. The summed E-state index contributed by atoms with van der Waals surface area (Å²) in [4.78, 5) is 39.4. The molecule has 1 aliphatic rings. The number of hydrogen-bond donors (Lipinski definition) is 4. The maximum atomic E-state index is 12.3. The van der Waals surface area contributed by atoms with E-state index in [2.05, 4.69) is 10.2 Å². The van der Waals surface area contributed by atoms with Gasteiger partial charge >= 0.3 is 5.97 Å². The molecule has 246 valence electrons. The van der Waals surface area contributed by atoms with Gasteiger partial charge in [0.05, 0.1) is 18.3 Å². The van der Waals surface area contributed by atoms with Gasteiger partial charge in [-0.2, -0.15) is 0 Å². The number of benzene rings is 2. The first-order valence-corrected chi connectivity index (χ1v) is 15.7. The summed E-state index contributed by atoms with van der Waals surface area (Å²) in [6.45, 7) is 1.30. The van der Waals surface area contributed by atoms with Crippen molar-refractivity contribution in [2.24, 2.45) is 11.8 Å². The van der Waals surface area contributed by atoms with Crippen LogP contribution in [0.3, 0.4) is 0 Å². The number of aliphatic hydroxyl groups is 3. The van der Waals surface area contributed by atoms with Gasteiger partial charge in [-0.05, 0) is 86.8 Å². The maximum absolute atomic E-state index is 12.3. The van der Waals surface area contributed by atoms with Crippen molar-refractivity contribution < 1.29 is 39.6 Å². The lowest BCUT2D eigenvalue weighted by Crippen LogP contribution is -2.39. The molecule has 1 amide bonds. The Balaban J connectivity index is 1.31. The zero-order chi connectivity index (χ0) is 32.6. The number of nitrogens with zero attached hydrogens (tertiary/aromatic N) is 1. The molecule has 0 spiro atoms. The number of allylic oxidation sites excluding steroid dienone is 2. The molecule has 0 heterocycles. The van der Waals surface area contributed by atoms with Crippen molar-refractivity contribution in [3.63, 3.8) is 0 Å². The number of hydrogen-bond acceptors (Lipinski definition) is 9. The smallest absolute Gasteiger partial charge is 0.328 e. The Labute approximate surface area is 264 Å². The summed E-state index contributed by atoms with van der Waals surface area (Å²) in [5, 5.41) is 43.7. The number of carbonyl (C=O) groups is 2. The highest BCUT2D eigenvalue weighted by atomic mass is 16.9. The van der Waals surface area contributed by atoms with Gasteiger partial charge in [0.25, 0.3) is 5.09 Å². The highest BCUT2D eigenvalue weighted by molar-refractivity contribution is 5.84. The average Bonchev–Trinajstić information content (AvgIpc) is 3.30. The summed E-state index contributed by atoms with van der Waals surface area (Å²) < 4.78 is 5.27. The van der Waals surface area contributed by atoms with Gasteiger partial charge in [0.1, 0.15) is 19.3 Å². The number of esters is 1. The predicted octanol–water partition coefficient (Wildman–Crippen LogP) is 4.19. The van der Waals surface area contributed by atoms with Crippen molar-refractivity contribution in [1.29, 1.82) is 0 Å². The highest BCUT2D eigenvalue weighted by Crippen LogP contribution is 2.38. The van der Waals surface area contributed by atoms with Crippen LogP contribution < -0.4 is 5.32 Å². The number of carbonyl (C=O) groups excluding carboxylic acids is 2. The quantitative estimate of drug-likeness (QED) is 0.0587. The van der Waals surface area contributed by atoms with E-state index in [1.54, 1.807) is 31.2 Å². The summed E-state index contributed by atoms with van der Waals surface area (Å²) in [5.74, 6) is -1.02. The monoisotopic (exact) mass is 626 g/mol. The van der Waals surface area contributed by atoms with E-state index < -0.39 is 35.4 Å². The third-order valence-electron chi connectivity index (χ3n) is 8.25. The van der Waals surface area contributed by atoms with E-state index in [4.69, 9.17) is 4.74 Å². The minimum absolute atomic E-state index is 0.0431. The Morgan fingerprint density at radius 1 is 1.00 bits per heavy atom. The fraction of sp³-hybridized carbons (Fsp3) is 0.529. The molecule has 1 fully saturated rings. The Hall–Kier alpha value is -3.80. The molecule has 2 aromatic rings. The van der Waals surface area contributed by atoms with Crippen LogP contribution in [0.4, 0.5) is 0 Å². The van der Waals surface area contributed by atoms with Crippen molar-refractivity contribution in [3.05, 3.63) is 93.6 Å². The number of aliphatic hydroxyl groups excluding tert-OH is 3. The molecule has 6 atom stereocenters. The molecule has 11 heteroatoms. The number of aryl methyl sites for hydroxylation is 1. The minimum atomic E-state index is -0.875. The second kappa shape index (κ2) is 18.9. The fourth-order valence-electron chi connectivity index (χ4n) is 5.75. The van der Waals surface area contributed by atoms with Gasteiger partial charge in [-0.25, -0.2) is 4.79 Å². The van der Waals surface area contributed by atoms with Gasteiger partial charge in [-0.15, -0.1) is 10.1 Å². The Morgan fingerprint density at radius 3 is 2.42 bits per heavy atom. The number of ether oxygens (including phenoxy) is 1. The molecule has 3 rings (SSSR count). The van der Waals surface area contributed by atoms with Gasteiger partial charge in [0, 0.05) is 6.42 Å². The summed E-state index contributed by atoms with van der Waals surface area (Å²) in [6, 6.07) is 15.9. The molecule has 0 bridgehead atoms. The molecule has 0 aliphatic heterocycles. The second-order valence-corrected chi connectivity index (χ2v) is 11.8. The van der Waals surface area contributed by atoms with E-state index in [-0.39, 0.29) is 37.4 Å². The lowest BCUT2D eigenvalue weighted by molar-refractivity contribution is -0.763. The van der Waals surface area contributed by atoms with Crippen molar-refractivity contribution in [1.82, 2.24) is 5.32 Å². The molecule has 1 saturated carbocycles. The van der Waals surface area contributed by atoms with E-state index in [1.165, 1.54) is 5.56 Å². The third kappa shape index (κ3) is 13.0. The van der Waals surface area contributed by atoms with E-state index in [9.17, 15) is 35.0 Å². The Morgan fingerprint density at radius 2 is 1.69 bits per heavy atom. The third-order valence-corrected chi connectivity index (χ3v) is 8.25. The van der Waals surface area contributed by atoms with E-state index in [0.717, 1.165) is 6.42 Å². The normalized spacial score (nSPS) is 20.9. The van der Waals surface area contributed by atoms with E-state index >= 15 is 0 Å². The molecule has 0 aromatic heterocycles. The molecule has 1 aliphatic carbocycles. The van der Waals surface area contributed by atoms with E-state index in [1.807, 2.05) is 42.5 Å². The molecule has 0 radical (unpaired) electrons. The first-order chi connectivity index (χ1) is 21.6. The van der Waals surface area contributed by atoms with Crippen LogP contribution in [0.15, 0.2) is 66.7 Å². The summed E-state index contributed by atoms with van der Waals surface area (Å²) in [6.07, 6.45) is 7.44. The first kappa shape index (κ1) is 35.7. The predicted molar refractivity (Wildman–Crippen MR) is 167 cm³/mol. The molecular weight excluding hydrogens is 580 g/mol. The maximum Gasteiger partial charge on any atom is 0.328 e. The van der Waals surface area contributed by atoms with Gasteiger partial charge in [0.2, 0.25) is 5.91 Å². The van der Waals surface area contributed by atoms with Gasteiger partial charge in [0.15, 0.2) is 0 Å². The number of amides is 1. The molecular formula is C34H46N2O9. The van der Waals surface area contributed by atoms with Crippen molar-refractivity contribution in [3.8, 4) is 0 Å². The molecule has 0 saturated heterocycles. The standard InChI is InChI=1S/C34H46N2O9/c1-24(34(41)44-22-26-12-9-13-27(20-26)23-45-36(42)43)35-33(40)15-8-3-2-7-14-29-30(32(39)21-31(29)38)19-18-28(37)17-16-25-10-5-4-6-11-25/h2,4-7,9-13,20,24,28-32,37-39H,3,8,14-19,21-23H2,1H3,(H,35,40)/t24?,28-,29+,30+,31-,32+/m0/s1. The Kier molecular flexibility index (Phi) is 15.0. The number of unbranched alkanes of at least 4 members (excludes halogenated alkanes) is 1. The van der Waals surface area contributed by atoms with Crippen LogP contribution in [0.2, 0.25) is 0 Å². The van der Waals surface area contributed by atoms with Crippen molar-refractivity contribution in [2.45, 2.75) is 102 Å². The zero-order valence-electron chi connectivity index (χ0n) is 25.8. The van der Waals surface area contributed by atoms with Crippen LogP contribution in [0.1, 0.15) is 75.0 Å². The van der Waals surface area contributed by atoms with Crippen molar-refractivity contribution in [2.75, 3.05) is 0 Å². The molecule has 11 nitrogen and oxygen atoms in total. The molecule has 4 N–H and O–H groups in total. The molecule has 1 unspecified atom stereocenters. The van der Waals surface area contributed by atoms with Gasteiger partial charge < -0.3 is 30.2 Å². The van der Waals surface area contributed by atoms with Crippen LogP contribution in [-0.4, -0.2) is 56.6 Å².